The van der Waals surface area contributed by atoms with Crippen LogP contribution in [0.5, 0.6) is 0 Å². The highest BCUT2D eigenvalue weighted by Gasteiger charge is 2.51. The highest BCUT2D eigenvalue weighted by atomic mass is 16.2. The minimum atomic E-state index is -0.386. The lowest BCUT2D eigenvalue weighted by Gasteiger charge is -2.57. The summed E-state index contributed by atoms with van der Waals surface area (Å²) < 4.78 is 0. The number of amides is 1. The molecule has 0 aromatic heterocycles. The number of carbonyl (C=O) groups excluding carboxylic acids is 1. The number of nitrogens with two attached hydrogens (primary N) is 1. The topological polar surface area (TPSA) is 55.1 Å². The molecule has 0 heterocycles. The van der Waals surface area contributed by atoms with Crippen molar-refractivity contribution in [3.8, 4) is 0 Å². The van der Waals surface area contributed by atoms with E-state index in [4.69, 9.17) is 5.73 Å². The summed E-state index contributed by atoms with van der Waals surface area (Å²) in [6.45, 7) is 0. The molecule has 4 aliphatic rings. The van der Waals surface area contributed by atoms with Gasteiger partial charge in [0, 0.05) is 5.54 Å². The second-order valence-corrected chi connectivity index (χ2v) is 8.32. The Morgan fingerprint density at radius 2 is 1.65 bits per heavy atom. The van der Waals surface area contributed by atoms with E-state index in [1.165, 1.54) is 44.1 Å². The zero-order valence-electron chi connectivity index (χ0n) is 13.8. The molecule has 4 bridgehead atoms. The van der Waals surface area contributed by atoms with Crippen LogP contribution >= 0.6 is 0 Å². The Labute approximate surface area is 139 Å². The van der Waals surface area contributed by atoms with Gasteiger partial charge in [-0.2, -0.15) is 0 Å². The number of benzene rings is 1. The number of nitrogens with one attached hydrogen (secondary N) is 1. The van der Waals surface area contributed by atoms with Gasteiger partial charge >= 0.3 is 0 Å². The van der Waals surface area contributed by atoms with Gasteiger partial charge in [0.25, 0.3) is 0 Å². The van der Waals surface area contributed by atoms with Gasteiger partial charge in [-0.05, 0) is 74.7 Å². The number of rotatable bonds is 5. The first-order valence-corrected chi connectivity index (χ1v) is 9.23. The Kier molecular flexibility index (Phi) is 3.92. The monoisotopic (exact) mass is 312 g/mol. The molecule has 4 fully saturated rings. The Morgan fingerprint density at radius 3 is 2.22 bits per heavy atom. The van der Waals surface area contributed by atoms with E-state index in [-0.39, 0.29) is 17.5 Å². The van der Waals surface area contributed by atoms with Crippen molar-refractivity contribution >= 4 is 5.91 Å². The quantitative estimate of drug-likeness (QED) is 0.878. The van der Waals surface area contributed by atoms with Gasteiger partial charge in [0.15, 0.2) is 0 Å². The number of hydrogen-bond acceptors (Lipinski definition) is 2. The fraction of sp³-hybridized carbons (Fsp3) is 0.650. The second kappa shape index (κ2) is 5.94. The van der Waals surface area contributed by atoms with Gasteiger partial charge < -0.3 is 11.1 Å². The van der Waals surface area contributed by atoms with Crippen LogP contribution in [0, 0.1) is 17.8 Å². The van der Waals surface area contributed by atoms with E-state index in [1.807, 2.05) is 18.2 Å². The van der Waals surface area contributed by atoms with Crippen molar-refractivity contribution in [2.45, 2.75) is 62.9 Å². The molecule has 23 heavy (non-hydrogen) atoms. The highest BCUT2D eigenvalue weighted by molar-refractivity contribution is 5.82. The van der Waals surface area contributed by atoms with Crippen molar-refractivity contribution in [2.24, 2.45) is 23.5 Å². The van der Waals surface area contributed by atoms with Gasteiger partial charge in [-0.1, -0.05) is 30.3 Å². The first-order valence-electron chi connectivity index (χ1n) is 9.23. The van der Waals surface area contributed by atoms with Crippen molar-refractivity contribution in [1.29, 1.82) is 0 Å². The molecule has 4 aliphatic carbocycles. The van der Waals surface area contributed by atoms with E-state index in [0.29, 0.717) is 0 Å². The predicted molar refractivity (Wildman–Crippen MR) is 91.8 cm³/mol. The molecule has 4 saturated carbocycles. The molecule has 0 radical (unpaired) electrons. The van der Waals surface area contributed by atoms with E-state index < -0.39 is 0 Å². The first-order chi connectivity index (χ1) is 11.1. The first kappa shape index (κ1) is 15.2. The molecular formula is C20H28N2O. The van der Waals surface area contributed by atoms with Crippen LogP contribution in [-0.2, 0) is 11.2 Å². The molecule has 3 heteroatoms. The molecule has 1 amide bonds. The molecule has 124 valence electrons. The molecule has 3 nitrogen and oxygen atoms in total. The lowest BCUT2D eigenvalue weighted by molar-refractivity contribution is -0.128. The molecule has 5 rings (SSSR count). The fourth-order valence-electron chi connectivity index (χ4n) is 5.72. The van der Waals surface area contributed by atoms with Gasteiger partial charge in [0.1, 0.15) is 0 Å². The SMILES string of the molecule is N[C@@H](CCc1ccccc1)C(=O)NC12CC3CC(CC(C3)C1)C2. The van der Waals surface area contributed by atoms with Crippen LogP contribution in [0.3, 0.4) is 0 Å². The Morgan fingerprint density at radius 1 is 1.09 bits per heavy atom. The minimum Gasteiger partial charge on any atom is -0.349 e. The fourth-order valence-corrected chi connectivity index (χ4v) is 5.72. The largest absolute Gasteiger partial charge is 0.349 e. The zero-order valence-corrected chi connectivity index (χ0v) is 13.8. The summed E-state index contributed by atoms with van der Waals surface area (Å²) >= 11 is 0. The van der Waals surface area contributed by atoms with Gasteiger partial charge in [-0.25, -0.2) is 0 Å². The average molecular weight is 312 g/mol. The molecule has 0 saturated heterocycles. The Hall–Kier alpha value is -1.35. The van der Waals surface area contributed by atoms with E-state index >= 15 is 0 Å². The molecule has 0 aliphatic heterocycles. The second-order valence-electron chi connectivity index (χ2n) is 8.32. The number of carbonyl (C=O) groups is 1. The standard InChI is InChI=1S/C20H28N2O/c21-18(7-6-14-4-2-1-3-5-14)19(23)22-20-11-15-8-16(12-20)10-17(9-15)13-20/h1-5,15-18H,6-13,21H2,(H,22,23)/t15?,16?,17?,18-,20?/m0/s1. The summed E-state index contributed by atoms with van der Waals surface area (Å²) in [5, 5.41) is 3.40. The van der Waals surface area contributed by atoms with Crippen LogP contribution in [0.25, 0.3) is 0 Å². The van der Waals surface area contributed by atoms with Crippen molar-refractivity contribution in [3.63, 3.8) is 0 Å². The average Bonchev–Trinajstić information content (AvgIpc) is 2.51. The number of aryl methyl sites for hydroxylation is 1. The smallest absolute Gasteiger partial charge is 0.237 e. The summed E-state index contributed by atoms with van der Waals surface area (Å²) in [5.74, 6) is 2.62. The van der Waals surface area contributed by atoms with Gasteiger partial charge in [-0.3, -0.25) is 4.79 Å². The van der Waals surface area contributed by atoms with Crippen molar-refractivity contribution < 1.29 is 4.79 Å². The number of hydrogen-bond donors (Lipinski definition) is 2. The van der Waals surface area contributed by atoms with E-state index in [2.05, 4.69) is 17.4 Å². The predicted octanol–water partition coefficient (Wildman–Crippen LogP) is 3.03. The van der Waals surface area contributed by atoms with E-state index in [0.717, 1.165) is 30.6 Å². The van der Waals surface area contributed by atoms with E-state index in [1.54, 1.807) is 0 Å². The minimum absolute atomic E-state index is 0.0721. The third-order valence-electron chi connectivity index (χ3n) is 6.35. The third-order valence-corrected chi connectivity index (χ3v) is 6.35. The maximum Gasteiger partial charge on any atom is 0.237 e. The van der Waals surface area contributed by atoms with Crippen LogP contribution in [0.4, 0.5) is 0 Å². The molecule has 0 unspecified atom stereocenters. The van der Waals surface area contributed by atoms with Crippen molar-refractivity contribution in [3.05, 3.63) is 35.9 Å². The van der Waals surface area contributed by atoms with Gasteiger partial charge in [0.05, 0.1) is 6.04 Å². The maximum atomic E-state index is 12.6. The van der Waals surface area contributed by atoms with Gasteiger partial charge in [-0.15, -0.1) is 0 Å². The van der Waals surface area contributed by atoms with Crippen molar-refractivity contribution in [1.82, 2.24) is 5.32 Å². The molecule has 1 aromatic carbocycles. The van der Waals surface area contributed by atoms with Crippen molar-refractivity contribution in [2.75, 3.05) is 0 Å². The zero-order chi connectivity index (χ0) is 15.9. The maximum absolute atomic E-state index is 12.6. The molecule has 1 atom stereocenters. The highest BCUT2D eigenvalue weighted by Crippen LogP contribution is 2.55. The van der Waals surface area contributed by atoms with Gasteiger partial charge in [0.2, 0.25) is 5.91 Å². The van der Waals surface area contributed by atoms with Crippen LogP contribution < -0.4 is 11.1 Å². The van der Waals surface area contributed by atoms with E-state index in [9.17, 15) is 4.79 Å². The molecular weight excluding hydrogens is 284 g/mol. The van der Waals surface area contributed by atoms with Crippen LogP contribution in [0.2, 0.25) is 0 Å². The summed E-state index contributed by atoms with van der Waals surface area (Å²) in [6.07, 6.45) is 9.36. The molecule has 1 aromatic rings. The normalized spacial score (nSPS) is 36.0. The summed E-state index contributed by atoms with van der Waals surface area (Å²) in [5.41, 5.74) is 7.52. The molecule has 3 N–H and O–H groups in total. The van der Waals surface area contributed by atoms with Crippen LogP contribution in [0.15, 0.2) is 30.3 Å². The summed E-state index contributed by atoms with van der Waals surface area (Å²) in [4.78, 5) is 12.6. The van der Waals surface area contributed by atoms with Crippen LogP contribution in [-0.4, -0.2) is 17.5 Å². The lowest BCUT2D eigenvalue weighted by atomic mass is 9.53. The Balaban J connectivity index is 1.34. The Bertz CT molecular complexity index is 533. The summed E-state index contributed by atoms with van der Waals surface area (Å²) in [7, 11) is 0. The van der Waals surface area contributed by atoms with Crippen LogP contribution in [0.1, 0.15) is 50.5 Å². The summed E-state index contributed by atoms with van der Waals surface area (Å²) in [6, 6.07) is 9.91. The third kappa shape index (κ3) is 3.16. The molecule has 0 spiro atoms. The lowest BCUT2D eigenvalue weighted by Crippen LogP contribution is -2.62.